The van der Waals surface area contributed by atoms with Crippen LogP contribution in [0.25, 0.3) is 0 Å². The molecule has 100 valence electrons. The summed E-state index contributed by atoms with van der Waals surface area (Å²) in [6.45, 7) is 6.24. The minimum Gasteiger partial charge on any atom is -0.382 e. The first-order chi connectivity index (χ1) is 8.65. The molecule has 18 heavy (non-hydrogen) atoms. The van der Waals surface area contributed by atoms with Crippen LogP contribution in [0.5, 0.6) is 0 Å². The topological polar surface area (TPSA) is 33.3 Å². The highest BCUT2D eigenvalue weighted by Gasteiger charge is 2.03. The average molecular weight is 287 g/mol. The summed E-state index contributed by atoms with van der Waals surface area (Å²) in [5, 5.41) is 7.49. The molecule has 2 N–H and O–H groups in total. The van der Waals surface area contributed by atoms with Crippen LogP contribution >= 0.6 is 23.8 Å². The van der Waals surface area contributed by atoms with Crippen LogP contribution < -0.4 is 10.6 Å². The maximum absolute atomic E-state index is 6.17. The van der Waals surface area contributed by atoms with Crippen LogP contribution in [0.3, 0.4) is 0 Å². The highest BCUT2D eigenvalue weighted by molar-refractivity contribution is 7.80. The molecule has 0 aromatic heterocycles. The summed E-state index contributed by atoms with van der Waals surface area (Å²) in [5.41, 5.74) is 1.86. The van der Waals surface area contributed by atoms with Crippen LogP contribution in [0.4, 0.5) is 5.69 Å². The third-order valence-electron chi connectivity index (χ3n) is 2.40. The fourth-order valence-electron chi connectivity index (χ4n) is 1.43. The van der Waals surface area contributed by atoms with Gasteiger partial charge in [0.15, 0.2) is 5.11 Å². The van der Waals surface area contributed by atoms with Gasteiger partial charge >= 0.3 is 0 Å². The molecule has 0 aliphatic rings. The van der Waals surface area contributed by atoms with E-state index in [9.17, 15) is 0 Å². The molecule has 1 rings (SSSR count). The fraction of sp³-hybridized carbons (Fsp3) is 0.462. The smallest absolute Gasteiger partial charge is 0.170 e. The van der Waals surface area contributed by atoms with Crippen molar-refractivity contribution >= 4 is 34.6 Å². The maximum Gasteiger partial charge on any atom is 0.170 e. The Labute approximate surface area is 119 Å². The van der Waals surface area contributed by atoms with Gasteiger partial charge in [0.05, 0.1) is 10.7 Å². The van der Waals surface area contributed by atoms with Crippen LogP contribution in [0.15, 0.2) is 18.2 Å². The number of benzene rings is 1. The van der Waals surface area contributed by atoms with Crippen LogP contribution in [0, 0.1) is 6.92 Å². The van der Waals surface area contributed by atoms with E-state index >= 15 is 0 Å². The molecule has 0 heterocycles. The largest absolute Gasteiger partial charge is 0.382 e. The van der Waals surface area contributed by atoms with Gasteiger partial charge in [0.1, 0.15) is 0 Å². The molecule has 0 aliphatic heterocycles. The second-order valence-corrected chi connectivity index (χ2v) is 4.65. The Kier molecular flexibility index (Phi) is 7.01. The van der Waals surface area contributed by atoms with E-state index in [1.54, 1.807) is 0 Å². The van der Waals surface area contributed by atoms with Crippen molar-refractivity contribution in [1.29, 1.82) is 0 Å². The van der Waals surface area contributed by atoms with Gasteiger partial charge in [-0.2, -0.15) is 0 Å². The second kappa shape index (κ2) is 8.29. The molecule has 0 radical (unpaired) electrons. The molecule has 0 fully saturated rings. The fourth-order valence-corrected chi connectivity index (χ4v) is 1.82. The molecule has 0 atom stereocenters. The summed E-state index contributed by atoms with van der Waals surface area (Å²) >= 11 is 11.4. The van der Waals surface area contributed by atoms with Gasteiger partial charge in [-0.25, -0.2) is 0 Å². The first kappa shape index (κ1) is 15.2. The number of hydrogen-bond donors (Lipinski definition) is 2. The van der Waals surface area contributed by atoms with Crippen molar-refractivity contribution in [3.8, 4) is 0 Å². The van der Waals surface area contributed by atoms with Crippen LogP contribution in [0.1, 0.15) is 18.9 Å². The first-order valence-corrected chi connectivity index (χ1v) is 6.81. The molecule has 0 saturated carbocycles. The van der Waals surface area contributed by atoms with Crippen molar-refractivity contribution in [1.82, 2.24) is 5.32 Å². The van der Waals surface area contributed by atoms with Crippen molar-refractivity contribution in [2.45, 2.75) is 20.3 Å². The molecule has 1 aromatic carbocycles. The predicted molar refractivity (Wildman–Crippen MR) is 81.5 cm³/mol. The number of thiocarbonyl (C=S) groups is 1. The molecule has 0 unspecified atom stereocenters. The molecule has 5 heteroatoms. The lowest BCUT2D eigenvalue weighted by atomic mass is 10.2. The van der Waals surface area contributed by atoms with Crippen LogP contribution in [0.2, 0.25) is 5.02 Å². The summed E-state index contributed by atoms with van der Waals surface area (Å²) in [6.07, 6.45) is 0.928. The minimum atomic E-state index is 0.582. The zero-order chi connectivity index (χ0) is 13.4. The number of ether oxygens (including phenoxy) is 1. The number of hydrogen-bond acceptors (Lipinski definition) is 2. The van der Waals surface area contributed by atoms with Crippen LogP contribution in [-0.2, 0) is 4.74 Å². The van der Waals surface area contributed by atoms with E-state index in [2.05, 4.69) is 10.6 Å². The lowest BCUT2D eigenvalue weighted by Crippen LogP contribution is -2.29. The highest BCUT2D eigenvalue weighted by Crippen LogP contribution is 2.24. The Balaban J connectivity index is 2.34. The third-order valence-corrected chi connectivity index (χ3v) is 3.14. The van der Waals surface area contributed by atoms with Gasteiger partial charge in [0.2, 0.25) is 0 Å². The van der Waals surface area contributed by atoms with Crippen molar-refractivity contribution in [3.63, 3.8) is 0 Å². The Morgan fingerprint density at radius 3 is 2.94 bits per heavy atom. The van der Waals surface area contributed by atoms with Gasteiger partial charge in [-0.3, -0.25) is 0 Å². The molecular weight excluding hydrogens is 268 g/mol. The van der Waals surface area contributed by atoms with Crippen molar-refractivity contribution in [2.75, 3.05) is 25.1 Å². The molecule has 1 aromatic rings. The Morgan fingerprint density at radius 1 is 1.44 bits per heavy atom. The third kappa shape index (κ3) is 5.21. The SMILES string of the molecule is CCOCCCNC(=S)Nc1cccc(C)c1Cl. The van der Waals surface area contributed by atoms with E-state index in [1.807, 2.05) is 32.0 Å². The zero-order valence-corrected chi connectivity index (χ0v) is 12.3. The number of rotatable bonds is 6. The summed E-state index contributed by atoms with van der Waals surface area (Å²) in [7, 11) is 0. The first-order valence-electron chi connectivity index (χ1n) is 6.03. The average Bonchev–Trinajstić information content (AvgIpc) is 2.35. The van der Waals surface area contributed by atoms with E-state index in [4.69, 9.17) is 28.6 Å². The normalized spacial score (nSPS) is 10.2. The Bertz CT molecular complexity index is 399. The molecule has 0 amide bonds. The van der Waals surface area contributed by atoms with E-state index < -0.39 is 0 Å². The lowest BCUT2D eigenvalue weighted by Gasteiger charge is -2.12. The predicted octanol–water partition coefficient (Wildman–Crippen LogP) is 3.36. The molecule has 0 aliphatic carbocycles. The monoisotopic (exact) mass is 286 g/mol. The molecule has 0 bridgehead atoms. The number of anilines is 1. The summed E-state index contributed by atoms with van der Waals surface area (Å²) in [5.74, 6) is 0. The van der Waals surface area contributed by atoms with Crippen molar-refractivity contribution in [2.24, 2.45) is 0 Å². The number of halogens is 1. The number of aryl methyl sites for hydroxylation is 1. The van der Waals surface area contributed by atoms with Crippen LogP contribution in [-0.4, -0.2) is 24.9 Å². The summed E-state index contributed by atoms with van der Waals surface area (Å²) < 4.78 is 5.24. The van der Waals surface area contributed by atoms with E-state index in [0.29, 0.717) is 10.1 Å². The van der Waals surface area contributed by atoms with Gasteiger partial charge in [0, 0.05) is 19.8 Å². The van der Waals surface area contributed by atoms with Gasteiger partial charge in [-0.1, -0.05) is 23.7 Å². The number of nitrogens with one attached hydrogen (secondary N) is 2. The maximum atomic E-state index is 6.17. The van der Waals surface area contributed by atoms with Gasteiger partial charge in [0.25, 0.3) is 0 Å². The lowest BCUT2D eigenvalue weighted by molar-refractivity contribution is 0.146. The van der Waals surface area contributed by atoms with Gasteiger partial charge in [-0.15, -0.1) is 0 Å². The zero-order valence-electron chi connectivity index (χ0n) is 10.8. The minimum absolute atomic E-state index is 0.582. The van der Waals surface area contributed by atoms with Gasteiger partial charge in [-0.05, 0) is 44.1 Å². The highest BCUT2D eigenvalue weighted by atomic mass is 35.5. The van der Waals surface area contributed by atoms with E-state index in [1.165, 1.54) is 0 Å². The summed E-state index contributed by atoms with van der Waals surface area (Å²) in [6, 6.07) is 5.82. The Morgan fingerprint density at radius 2 is 2.22 bits per heavy atom. The molecule has 0 saturated heterocycles. The van der Waals surface area contributed by atoms with Crippen molar-refractivity contribution in [3.05, 3.63) is 28.8 Å². The van der Waals surface area contributed by atoms with Crippen molar-refractivity contribution < 1.29 is 4.74 Å². The quantitative estimate of drug-likeness (QED) is 0.621. The van der Waals surface area contributed by atoms with Gasteiger partial charge < -0.3 is 15.4 Å². The molecule has 3 nitrogen and oxygen atoms in total. The van der Waals surface area contributed by atoms with E-state index in [0.717, 1.165) is 37.4 Å². The molecular formula is C13H19ClN2OS. The molecule has 0 spiro atoms. The second-order valence-electron chi connectivity index (χ2n) is 3.87. The standard InChI is InChI=1S/C13H19ClN2OS/c1-3-17-9-5-8-15-13(18)16-11-7-4-6-10(2)12(11)14/h4,6-7H,3,5,8-9H2,1-2H3,(H2,15,16,18). The summed E-state index contributed by atoms with van der Waals surface area (Å²) in [4.78, 5) is 0. The van der Waals surface area contributed by atoms with E-state index in [-0.39, 0.29) is 0 Å². The Hall–Kier alpha value is -0.840.